The lowest BCUT2D eigenvalue weighted by Crippen LogP contribution is -2.45. The van der Waals surface area contributed by atoms with Crippen LogP contribution in [0.2, 0.25) is 0 Å². The highest BCUT2D eigenvalue weighted by Crippen LogP contribution is 2.28. The molecule has 1 amide bonds. The Morgan fingerprint density at radius 2 is 2.06 bits per heavy atom. The number of aliphatic hydroxyl groups is 1. The number of allylic oxidation sites excluding steroid dienone is 9. The van der Waals surface area contributed by atoms with Gasteiger partial charge in [0.25, 0.3) is 5.91 Å². The topological polar surface area (TPSA) is 58.6 Å². The summed E-state index contributed by atoms with van der Waals surface area (Å²) in [6.07, 6.45) is 24.3. The molecule has 4 heteroatoms. The SMILES string of the molecule is C/C=C(C(=O)NC(CC1=CC=CC=CC1)C(O)OC)\C1=C(/CCC)CCCCCC=C1. The van der Waals surface area contributed by atoms with Gasteiger partial charge in [-0.25, -0.2) is 0 Å². The van der Waals surface area contributed by atoms with Crippen molar-refractivity contribution in [2.75, 3.05) is 7.11 Å². The van der Waals surface area contributed by atoms with Gasteiger partial charge in [-0.2, -0.15) is 0 Å². The number of nitrogens with one attached hydrogen (secondary N) is 1. The maximum absolute atomic E-state index is 13.4. The molecule has 0 saturated carbocycles. The van der Waals surface area contributed by atoms with Crippen molar-refractivity contribution in [3.05, 3.63) is 70.9 Å². The number of aliphatic hydroxyl groups excluding tert-OH is 1. The summed E-state index contributed by atoms with van der Waals surface area (Å²) in [6, 6.07) is -0.519. The standard InChI is InChI=1S/C27H39NO3/c1-4-15-22-18-13-7-6-8-14-19-24(22)23(5-2)26(29)28-25(27(30)31-3)20-21-16-11-9-10-12-17-21/h5,9-12,14,16,19,25,27,30H,4,6-8,13,15,17-18,20H2,1-3H3,(H,28,29)/b19-14?,23-5+,24-22+. The predicted molar refractivity (Wildman–Crippen MR) is 128 cm³/mol. The van der Waals surface area contributed by atoms with Crippen LogP contribution >= 0.6 is 0 Å². The van der Waals surface area contributed by atoms with E-state index in [0.717, 1.165) is 43.3 Å². The van der Waals surface area contributed by atoms with Gasteiger partial charge < -0.3 is 15.2 Å². The van der Waals surface area contributed by atoms with Crippen LogP contribution in [0.5, 0.6) is 0 Å². The van der Waals surface area contributed by atoms with E-state index in [4.69, 9.17) is 4.74 Å². The summed E-state index contributed by atoms with van der Waals surface area (Å²) < 4.78 is 5.19. The Morgan fingerprint density at radius 3 is 2.81 bits per heavy atom. The van der Waals surface area contributed by atoms with E-state index in [1.807, 2.05) is 37.3 Å². The Bertz CT molecular complexity index is 767. The first kappa shape index (κ1) is 25.1. The van der Waals surface area contributed by atoms with Crippen molar-refractivity contribution in [1.29, 1.82) is 0 Å². The van der Waals surface area contributed by atoms with Crippen LogP contribution in [0, 0.1) is 0 Å². The van der Waals surface area contributed by atoms with Crippen molar-refractivity contribution >= 4 is 5.91 Å². The van der Waals surface area contributed by atoms with E-state index < -0.39 is 12.3 Å². The summed E-state index contributed by atoms with van der Waals surface area (Å²) in [7, 11) is 1.46. The fourth-order valence-electron chi connectivity index (χ4n) is 4.17. The summed E-state index contributed by atoms with van der Waals surface area (Å²) >= 11 is 0. The molecule has 0 saturated heterocycles. The molecule has 4 nitrogen and oxygen atoms in total. The van der Waals surface area contributed by atoms with Gasteiger partial charge in [0, 0.05) is 12.7 Å². The predicted octanol–water partition coefficient (Wildman–Crippen LogP) is 5.83. The van der Waals surface area contributed by atoms with Crippen LogP contribution in [0.1, 0.15) is 71.6 Å². The summed E-state index contributed by atoms with van der Waals surface area (Å²) in [4.78, 5) is 13.4. The van der Waals surface area contributed by atoms with Crippen molar-refractivity contribution in [2.24, 2.45) is 0 Å². The first-order valence-electron chi connectivity index (χ1n) is 11.7. The van der Waals surface area contributed by atoms with Gasteiger partial charge in [-0.05, 0) is 57.4 Å². The highest BCUT2D eigenvalue weighted by Gasteiger charge is 2.25. The Morgan fingerprint density at radius 1 is 1.23 bits per heavy atom. The minimum absolute atomic E-state index is 0.156. The van der Waals surface area contributed by atoms with Crippen molar-refractivity contribution in [3.8, 4) is 0 Å². The van der Waals surface area contributed by atoms with Crippen molar-refractivity contribution in [2.45, 2.75) is 84.0 Å². The molecule has 0 aliphatic heterocycles. The molecule has 2 rings (SSSR count). The third-order valence-electron chi connectivity index (χ3n) is 5.84. The van der Waals surface area contributed by atoms with Crippen molar-refractivity contribution in [3.63, 3.8) is 0 Å². The van der Waals surface area contributed by atoms with Gasteiger partial charge >= 0.3 is 0 Å². The number of ether oxygens (including phenoxy) is 1. The molecule has 0 radical (unpaired) electrons. The first-order chi connectivity index (χ1) is 15.1. The van der Waals surface area contributed by atoms with Crippen molar-refractivity contribution in [1.82, 2.24) is 5.32 Å². The number of carbonyl (C=O) groups excluding carboxylic acids is 1. The van der Waals surface area contributed by atoms with Gasteiger partial charge in [-0.3, -0.25) is 4.79 Å². The van der Waals surface area contributed by atoms with E-state index >= 15 is 0 Å². The van der Waals surface area contributed by atoms with E-state index in [1.54, 1.807) is 0 Å². The number of rotatable bonds is 9. The zero-order valence-electron chi connectivity index (χ0n) is 19.4. The smallest absolute Gasteiger partial charge is 0.251 e. The second kappa shape index (κ2) is 14.0. The van der Waals surface area contributed by atoms with Gasteiger partial charge in [0.2, 0.25) is 0 Å². The van der Waals surface area contributed by atoms with E-state index in [-0.39, 0.29) is 5.91 Å². The highest BCUT2D eigenvalue weighted by atomic mass is 16.6. The van der Waals surface area contributed by atoms with Gasteiger partial charge in [0.15, 0.2) is 6.29 Å². The van der Waals surface area contributed by atoms with E-state index in [1.165, 1.54) is 31.9 Å². The lowest BCUT2D eigenvalue weighted by molar-refractivity contribution is -0.126. The highest BCUT2D eigenvalue weighted by molar-refractivity contribution is 5.99. The van der Waals surface area contributed by atoms with Gasteiger partial charge in [0.05, 0.1) is 6.04 Å². The minimum atomic E-state index is -1.07. The zero-order valence-corrected chi connectivity index (χ0v) is 19.4. The number of methoxy groups -OCH3 is 1. The molecule has 0 fully saturated rings. The summed E-state index contributed by atoms with van der Waals surface area (Å²) in [5.41, 5.74) is 4.23. The summed E-state index contributed by atoms with van der Waals surface area (Å²) in [5.74, 6) is -0.156. The molecule has 0 aromatic carbocycles. The summed E-state index contributed by atoms with van der Waals surface area (Å²) in [6.45, 7) is 4.10. The molecule has 2 atom stereocenters. The Labute approximate surface area is 188 Å². The number of hydrogen-bond donors (Lipinski definition) is 2. The van der Waals surface area contributed by atoms with E-state index in [0.29, 0.717) is 12.0 Å². The minimum Gasteiger partial charge on any atom is -0.366 e. The third-order valence-corrected chi connectivity index (χ3v) is 5.84. The molecule has 0 aromatic rings. The lowest BCUT2D eigenvalue weighted by Gasteiger charge is -2.25. The molecule has 31 heavy (non-hydrogen) atoms. The molecular weight excluding hydrogens is 386 g/mol. The molecule has 170 valence electrons. The Hall–Kier alpha value is -2.17. The molecule has 0 heterocycles. The van der Waals surface area contributed by atoms with Crippen LogP contribution in [0.25, 0.3) is 0 Å². The molecular formula is C27H39NO3. The second-order valence-electron chi connectivity index (χ2n) is 8.22. The molecule has 2 unspecified atom stereocenters. The molecule has 2 aliphatic carbocycles. The lowest BCUT2D eigenvalue weighted by atomic mass is 9.92. The summed E-state index contributed by atoms with van der Waals surface area (Å²) in [5, 5.41) is 13.5. The third kappa shape index (κ3) is 8.12. The second-order valence-corrected chi connectivity index (χ2v) is 8.22. The largest absolute Gasteiger partial charge is 0.366 e. The van der Waals surface area contributed by atoms with E-state index in [2.05, 4.69) is 30.5 Å². The van der Waals surface area contributed by atoms with Gasteiger partial charge in [-0.1, -0.05) is 79.5 Å². The average Bonchev–Trinajstić information content (AvgIpc) is 2.98. The fraction of sp³-hybridized carbons (Fsp3) is 0.519. The van der Waals surface area contributed by atoms with Crippen molar-refractivity contribution < 1.29 is 14.6 Å². The number of amides is 1. The van der Waals surface area contributed by atoms with Crippen LogP contribution < -0.4 is 5.32 Å². The number of hydrogen-bond acceptors (Lipinski definition) is 3. The fourth-order valence-corrected chi connectivity index (χ4v) is 4.17. The molecule has 0 bridgehead atoms. The van der Waals surface area contributed by atoms with Crippen LogP contribution in [-0.4, -0.2) is 30.5 Å². The molecule has 2 aliphatic rings. The van der Waals surface area contributed by atoms with E-state index in [9.17, 15) is 9.90 Å². The first-order valence-corrected chi connectivity index (χ1v) is 11.7. The maximum atomic E-state index is 13.4. The number of carbonyl (C=O) groups is 1. The monoisotopic (exact) mass is 425 g/mol. The quantitative estimate of drug-likeness (QED) is 0.361. The molecule has 0 aromatic heterocycles. The molecule has 0 spiro atoms. The normalized spacial score (nSPS) is 22.1. The molecule has 2 N–H and O–H groups in total. The maximum Gasteiger partial charge on any atom is 0.251 e. The van der Waals surface area contributed by atoms with Gasteiger partial charge in [-0.15, -0.1) is 0 Å². The van der Waals surface area contributed by atoms with Crippen LogP contribution in [0.15, 0.2) is 70.9 Å². The van der Waals surface area contributed by atoms with Gasteiger partial charge in [0.1, 0.15) is 0 Å². The Balaban J connectivity index is 2.26. The van der Waals surface area contributed by atoms with Crippen LogP contribution in [0.3, 0.4) is 0 Å². The average molecular weight is 426 g/mol. The zero-order chi connectivity index (χ0) is 22.5. The van der Waals surface area contributed by atoms with Crippen LogP contribution in [0.4, 0.5) is 0 Å². The van der Waals surface area contributed by atoms with Crippen LogP contribution in [-0.2, 0) is 9.53 Å². The Kier molecular flexibility index (Phi) is 11.3.